The molecule has 0 fully saturated rings. The van der Waals surface area contributed by atoms with Crippen LogP contribution in [0, 0.1) is 0 Å². The molecule has 328 valence electrons. The Kier molecular flexibility index (Phi) is 22.7. The second kappa shape index (κ2) is 28.2. The van der Waals surface area contributed by atoms with Gasteiger partial charge in [0.25, 0.3) is 0 Å². The molecule has 0 aliphatic rings. The number of hydrogen-bond acceptors (Lipinski definition) is 9. The predicted molar refractivity (Wildman–Crippen MR) is 240 cm³/mol. The number of ketones is 1. The molecule has 0 spiro atoms. The fourth-order valence-electron chi connectivity index (χ4n) is 7.09. The summed E-state index contributed by atoms with van der Waals surface area (Å²) in [7, 11) is 0. The molecule has 4 N–H and O–H groups in total. The standard InChI is InChI=1S/C51H70O9/c1-3-5-7-9-11-13-15-17-33-59-49(54)31-35-57-43-27-29-45(47(52)37-43)39-19-23-41(24-20-39)51(56)42-25-21-40(22-26-42)46-30-28-44(38-48(46)53)58-36-32-50(55)60-34-18-16-14-12-10-8-6-4-2/h19-30,37-38,49-50,52-55H,3-18,31-36H2,1-2H3. The lowest BCUT2D eigenvalue weighted by Gasteiger charge is -2.14. The summed E-state index contributed by atoms with van der Waals surface area (Å²) in [6.45, 7) is 6.01. The van der Waals surface area contributed by atoms with Crippen molar-refractivity contribution in [1.82, 2.24) is 0 Å². The molecule has 0 heterocycles. The molecule has 0 saturated heterocycles. The van der Waals surface area contributed by atoms with Crippen LogP contribution in [0.4, 0.5) is 0 Å². The van der Waals surface area contributed by atoms with Gasteiger partial charge in [0, 0.05) is 60.4 Å². The zero-order valence-corrected chi connectivity index (χ0v) is 36.1. The van der Waals surface area contributed by atoms with Gasteiger partial charge in [-0.25, -0.2) is 0 Å². The van der Waals surface area contributed by atoms with Crippen LogP contribution in [0.1, 0.15) is 145 Å². The maximum atomic E-state index is 13.4. The number of ether oxygens (including phenoxy) is 4. The van der Waals surface area contributed by atoms with Crippen molar-refractivity contribution >= 4 is 5.78 Å². The average Bonchev–Trinajstić information content (AvgIpc) is 3.25. The van der Waals surface area contributed by atoms with Crippen LogP contribution in [0.5, 0.6) is 23.0 Å². The van der Waals surface area contributed by atoms with Crippen molar-refractivity contribution in [2.75, 3.05) is 26.4 Å². The second-order valence-corrected chi connectivity index (χ2v) is 15.7. The minimum Gasteiger partial charge on any atom is -0.507 e. The van der Waals surface area contributed by atoms with E-state index in [1.807, 2.05) is 0 Å². The normalized spacial score (nSPS) is 12.3. The molecular weight excluding hydrogens is 757 g/mol. The van der Waals surface area contributed by atoms with Crippen molar-refractivity contribution in [2.24, 2.45) is 0 Å². The number of carbonyl (C=O) groups excluding carboxylic acids is 1. The van der Waals surface area contributed by atoms with Gasteiger partial charge >= 0.3 is 0 Å². The Balaban J connectivity index is 1.16. The first-order valence-corrected chi connectivity index (χ1v) is 22.6. The predicted octanol–water partition coefficient (Wildman–Crippen LogP) is 12.2. The molecule has 2 unspecified atom stereocenters. The van der Waals surface area contributed by atoms with E-state index < -0.39 is 12.6 Å². The maximum absolute atomic E-state index is 13.4. The first-order valence-electron chi connectivity index (χ1n) is 22.6. The summed E-state index contributed by atoms with van der Waals surface area (Å²) in [5.41, 5.74) is 3.71. The number of benzene rings is 4. The summed E-state index contributed by atoms with van der Waals surface area (Å²) in [6, 6.07) is 24.3. The van der Waals surface area contributed by atoms with Crippen molar-refractivity contribution in [3.63, 3.8) is 0 Å². The Morgan fingerprint density at radius 2 is 0.817 bits per heavy atom. The Hall–Kier alpha value is -4.41. The zero-order chi connectivity index (χ0) is 42.8. The van der Waals surface area contributed by atoms with E-state index in [0.717, 1.165) is 36.8 Å². The largest absolute Gasteiger partial charge is 0.507 e. The van der Waals surface area contributed by atoms with Crippen molar-refractivity contribution in [3.05, 3.63) is 96.1 Å². The monoisotopic (exact) mass is 827 g/mol. The molecule has 0 aliphatic carbocycles. The highest BCUT2D eigenvalue weighted by atomic mass is 16.6. The highest BCUT2D eigenvalue weighted by Crippen LogP contribution is 2.34. The fourth-order valence-corrected chi connectivity index (χ4v) is 7.09. The molecule has 4 rings (SSSR count). The fraction of sp³-hybridized carbons (Fsp3) is 0.510. The molecule has 9 heteroatoms. The highest BCUT2D eigenvalue weighted by Gasteiger charge is 2.14. The van der Waals surface area contributed by atoms with Crippen molar-refractivity contribution in [1.29, 1.82) is 0 Å². The molecule has 0 amide bonds. The third-order valence-corrected chi connectivity index (χ3v) is 10.7. The van der Waals surface area contributed by atoms with Crippen LogP contribution < -0.4 is 9.47 Å². The number of carbonyl (C=O) groups is 1. The minimum absolute atomic E-state index is 0.0458. The topological polar surface area (TPSA) is 135 Å². The van der Waals surface area contributed by atoms with Crippen molar-refractivity contribution < 1.29 is 44.2 Å². The Morgan fingerprint density at radius 3 is 1.17 bits per heavy atom. The number of unbranched alkanes of at least 4 members (excludes halogenated alkanes) is 14. The van der Waals surface area contributed by atoms with Crippen LogP contribution in [-0.4, -0.2) is 65.2 Å². The van der Waals surface area contributed by atoms with Gasteiger partial charge in [-0.1, -0.05) is 152 Å². The van der Waals surface area contributed by atoms with Gasteiger partial charge in [-0.2, -0.15) is 0 Å². The Morgan fingerprint density at radius 1 is 0.467 bits per heavy atom. The number of rotatable bonds is 32. The average molecular weight is 827 g/mol. The molecule has 60 heavy (non-hydrogen) atoms. The van der Waals surface area contributed by atoms with Gasteiger partial charge in [0.15, 0.2) is 18.4 Å². The lowest BCUT2D eigenvalue weighted by atomic mass is 9.97. The summed E-state index contributed by atoms with van der Waals surface area (Å²) in [5, 5.41) is 41.9. The minimum atomic E-state index is -0.888. The summed E-state index contributed by atoms with van der Waals surface area (Å²) < 4.78 is 22.6. The van der Waals surface area contributed by atoms with E-state index in [-0.39, 0.29) is 30.5 Å². The summed E-state index contributed by atoms with van der Waals surface area (Å²) in [5.74, 6) is 0.914. The van der Waals surface area contributed by atoms with Crippen LogP contribution >= 0.6 is 0 Å². The lowest BCUT2D eigenvalue weighted by Crippen LogP contribution is -2.16. The molecule has 0 bridgehead atoms. The lowest BCUT2D eigenvalue weighted by molar-refractivity contribution is -0.108. The molecular formula is C51H70O9. The molecule has 4 aromatic carbocycles. The smallest absolute Gasteiger partial charge is 0.193 e. The van der Waals surface area contributed by atoms with Gasteiger partial charge in [0.05, 0.1) is 13.2 Å². The third-order valence-electron chi connectivity index (χ3n) is 10.7. The van der Waals surface area contributed by atoms with Gasteiger partial charge in [-0.15, -0.1) is 0 Å². The number of aliphatic hydroxyl groups excluding tert-OH is 2. The molecule has 4 aromatic rings. The number of phenolic OH excluding ortho intramolecular Hbond substituents is 2. The first kappa shape index (κ1) is 48.3. The third kappa shape index (κ3) is 17.7. The van der Waals surface area contributed by atoms with E-state index in [1.165, 1.54) is 77.0 Å². The second-order valence-electron chi connectivity index (χ2n) is 15.7. The zero-order valence-electron chi connectivity index (χ0n) is 36.1. The van der Waals surface area contributed by atoms with Crippen LogP contribution in [0.15, 0.2) is 84.9 Å². The van der Waals surface area contributed by atoms with Gasteiger partial charge < -0.3 is 39.4 Å². The molecule has 0 aliphatic heterocycles. The summed E-state index contributed by atoms with van der Waals surface area (Å²) >= 11 is 0. The molecule has 2 atom stereocenters. The molecule has 0 saturated carbocycles. The van der Waals surface area contributed by atoms with E-state index >= 15 is 0 Å². The Labute approximate surface area is 358 Å². The van der Waals surface area contributed by atoms with Gasteiger partial charge in [-0.3, -0.25) is 4.79 Å². The van der Waals surface area contributed by atoms with Crippen molar-refractivity contribution in [3.8, 4) is 45.3 Å². The van der Waals surface area contributed by atoms with Crippen LogP contribution in [-0.2, 0) is 9.47 Å². The van der Waals surface area contributed by atoms with Crippen LogP contribution in [0.25, 0.3) is 22.3 Å². The van der Waals surface area contributed by atoms with E-state index in [2.05, 4.69) is 13.8 Å². The van der Waals surface area contributed by atoms with E-state index in [9.17, 15) is 25.2 Å². The van der Waals surface area contributed by atoms with Gasteiger partial charge in [0.1, 0.15) is 23.0 Å². The number of aliphatic hydroxyl groups is 2. The highest BCUT2D eigenvalue weighted by molar-refractivity contribution is 6.09. The number of aromatic hydroxyl groups is 2. The molecule has 0 aromatic heterocycles. The van der Waals surface area contributed by atoms with Gasteiger partial charge in [-0.05, 0) is 48.2 Å². The number of phenols is 2. The van der Waals surface area contributed by atoms with E-state index in [0.29, 0.717) is 59.8 Å². The van der Waals surface area contributed by atoms with Crippen LogP contribution in [0.2, 0.25) is 0 Å². The van der Waals surface area contributed by atoms with Gasteiger partial charge in [0.2, 0.25) is 0 Å². The summed E-state index contributed by atoms with van der Waals surface area (Å²) in [4.78, 5) is 13.4. The molecule has 9 nitrogen and oxygen atoms in total. The quantitative estimate of drug-likeness (QED) is 0.0216. The Bertz CT molecular complexity index is 1640. The van der Waals surface area contributed by atoms with E-state index in [4.69, 9.17) is 18.9 Å². The number of hydrogen-bond donors (Lipinski definition) is 4. The van der Waals surface area contributed by atoms with Crippen molar-refractivity contribution in [2.45, 2.75) is 142 Å². The van der Waals surface area contributed by atoms with Crippen LogP contribution in [0.3, 0.4) is 0 Å². The SMILES string of the molecule is CCCCCCCCCCOC(O)CCOc1ccc(-c2ccc(C(=O)c3ccc(-c4ccc(OCCC(O)OCCCCCCCCCC)cc4O)cc3)cc2)c(O)c1. The molecule has 0 radical (unpaired) electrons. The van der Waals surface area contributed by atoms with E-state index in [1.54, 1.807) is 84.9 Å². The maximum Gasteiger partial charge on any atom is 0.193 e. The first-order chi connectivity index (χ1) is 29.3. The summed E-state index contributed by atoms with van der Waals surface area (Å²) in [6.07, 6.45) is 18.3.